The highest BCUT2D eigenvalue weighted by atomic mass is 16.4. The van der Waals surface area contributed by atoms with Gasteiger partial charge in [-0.15, -0.1) is 0 Å². The zero-order chi connectivity index (χ0) is 35.0. The molecule has 2 heterocycles. The van der Waals surface area contributed by atoms with Gasteiger partial charge in [-0.2, -0.15) is 0 Å². The smallest absolute Gasteiger partial charge is 0.326 e. The Morgan fingerprint density at radius 3 is 1.77 bits per heavy atom. The highest BCUT2D eigenvalue weighted by Crippen LogP contribution is 2.20. The lowest BCUT2D eigenvalue weighted by Gasteiger charge is -2.24. The van der Waals surface area contributed by atoms with Gasteiger partial charge in [-0.3, -0.25) is 24.0 Å². The summed E-state index contributed by atoms with van der Waals surface area (Å²) >= 11 is 0. The molecule has 4 rings (SSSR count). The van der Waals surface area contributed by atoms with Gasteiger partial charge >= 0.3 is 11.9 Å². The minimum atomic E-state index is -1.68. The van der Waals surface area contributed by atoms with Crippen molar-refractivity contribution in [3.63, 3.8) is 0 Å². The first kappa shape index (κ1) is 35.1. The zero-order valence-corrected chi connectivity index (χ0v) is 25.9. The second kappa shape index (κ2) is 15.7. The number of aliphatic carboxylic acids is 2. The third kappa shape index (κ3) is 8.95. The molecular weight excluding hydrogens is 626 g/mol. The van der Waals surface area contributed by atoms with Crippen LogP contribution in [0, 0.1) is 0 Å². The van der Waals surface area contributed by atoms with Gasteiger partial charge in [-0.05, 0) is 30.2 Å². The van der Waals surface area contributed by atoms with E-state index in [2.05, 4.69) is 31.2 Å². The van der Waals surface area contributed by atoms with E-state index in [4.69, 9.17) is 5.73 Å². The molecule has 0 aliphatic rings. The summed E-state index contributed by atoms with van der Waals surface area (Å²) in [7, 11) is 0. The molecule has 0 bridgehead atoms. The number of aliphatic hydroxyl groups excluding tert-OH is 1. The maximum absolute atomic E-state index is 13.5. The van der Waals surface area contributed by atoms with Crippen LogP contribution in [0.2, 0.25) is 0 Å². The molecule has 0 radical (unpaired) electrons. The van der Waals surface area contributed by atoms with Crippen LogP contribution >= 0.6 is 0 Å². The third-order valence-electron chi connectivity index (χ3n) is 7.72. The summed E-state index contributed by atoms with van der Waals surface area (Å²) in [6, 6.07) is 8.64. The van der Waals surface area contributed by atoms with E-state index >= 15 is 0 Å². The summed E-state index contributed by atoms with van der Waals surface area (Å²) < 4.78 is 0. The quantitative estimate of drug-likeness (QED) is 0.0718. The molecule has 16 nitrogen and oxygen atoms in total. The second-order valence-electron chi connectivity index (χ2n) is 11.3. The van der Waals surface area contributed by atoms with Crippen molar-refractivity contribution < 1.29 is 44.1 Å². The minimum Gasteiger partial charge on any atom is -0.481 e. The van der Waals surface area contributed by atoms with Crippen molar-refractivity contribution in [3.8, 4) is 0 Å². The fourth-order valence-electron chi connectivity index (χ4n) is 5.13. The van der Waals surface area contributed by atoms with Crippen LogP contribution in [0.3, 0.4) is 0 Å². The number of carboxylic acid groups (broad SMARTS) is 2. The van der Waals surface area contributed by atoms with Gasteiger partial charge < -0.3 is 52.3 Å². The predicted molar refractivity (Wildman–Crippen MR) is 172 cm³/mol. The van der Waals surface area contributed by atoms with Crippen LogP contribution in [-0.2, 0) is 41.6 Å². The summed E-state index contributed by atoms with van der Waals surface area (Å²) in [4.78, 5) is 81.5. The number of benzene rings is 2. The molecule has 16 heteroatoms. The summed E-state index contributed by atoms with van der Waals surface area (Å²) in [5.74, 6) is -6.45. The molecule has 0 spiro atoms. The van der Waals surface area contributed by atoms with Crippen LogP contribution in [-0.4, -0.2) is 97.7 Å². The van der Waals surface area contributed by atoms with E-state index < -0.39 is 78.8 Å². The first-order chi connectivity index (χ1) is 22.8. The number of carbonyl (C=O) groups excluding carboxylic acids is 4. The number of amides is 4. The average Bonchev–Trinajstić information content (AvgIpc) is 3.65. The Morgan fingerprint density at radius 2 is 1.25 bits per heavy atom. The number of nitrogens with two attached hydrogens (primary N) is 1. The molecule has 2 aromatic carbocycles. The fraction of sp³-hybridized carbons (Fsp3) is 0.312. The Morgan fingerprint density at radius 1 is 0.729 bits per heavy atom. The number of hydrogen-bond donors (Lipinski definition) is 10. The van der Waals surface area contributed by atoms with Crippen molar-refractivity contribution in [2.75, 3.05) is 6.54 Å². The van der Waals surface area contributed by atoms with Crippen molar-refractivity contribution in [2.45, 2.75) is 56.5 Å². The molecule has 254 valence electrons. The van der Waals surface area contributed by atoms with Crippen molar-refractivity contribution in [2.24, 2.45) is 5.73 Å². The summed E-state index contributed by atoms with van der Waals surface area (Å²) in [6.07, 6.45) is 0.999. The number of carboxylic acids is 2. The molecule has 2 aromatic heterocycles. The molecule has 5 atom stereocenters. The monoisotopic (exact) mass is 663 g/mol. The molecule has 4 aromatic rings. The molecule has 48 heavy (non-hydrogen) atoms. The first-order valence-electron chi connectivity index (χ1n) is 15.0. The summed E-state index contributed by atoms with van der Waals surface area (Å²) in [5.41, 5.74) is 8.56. The summed E-state index contributed by atoms with van der Waals surface area (Å²) in [6.45, 7) is 0.574. The lowest BCUT2D eigenvalue weighted by molar-refractivity contribution is -0.142. The van der Waals surface area contributed by atoms with E-state index in [0.717, 1.165) is 21.8 Å². The van der Waals surface area contributed by atoms with E-state index in [0.29, 0.717) is 11.1 Å². The Kier molecular flexibility index (Phi) is 11.5. The molecular formula is C32H37N7O9. The Labute approximate surface area is 273 Å². The van der Waals surface area contributed by atoms with E-state index in [1.54, 1.807) is 48.8 Å². The number of aromatic nitrogens is 2. The highest BCUT2D eigenvalue weighted by molar-refractivity contribution is 5.96. The number of H-pyrrole nitrogens is 2. The maximum atomic E-state index is 13.5. The fourth-order valence-corrected chi connectivity index (χ4v) is 5.13. The van der Waals surface area contributed by atoms with Gasteiger partial charge in [0.1, 0.15) is 24.2 Å². The largest absolute Gasteiger partial charge is 0.481 e. The SMILES string of the molecule is C[C@@H](O)[C@H](N)C(=O)N[C@@H](Cc1c[nH]c2ccccc12)C(=O)N[C@@H](CC(=O)O)C(=O)NCC(=O)N[C@@H](Cc1c[nH]c2ccccc12)C(=O)O. The molecule has 4 amide bonds. The molecule has 11 N–H and O–H groups in total. The number of carbonyl (C=O) groups is 6. The Balaban J connectivity index is 1.43. The Bertz CT molecular complexity index is 1820. The number of para-hydroxylation sites is 2. The number of hydrogen-bond acceptors (Lipinski definition) is 8. The van der Waals surface area contributed by atoms with Crippen LogP contribution in [0.5, 0.6) is 0 Å². The molecule has 0 aliphatic carbocycles. The lowest BCUT2D eigenvalue weighted by atomic mass is 10.0. The van der Waals surface area contributed by atoms with Gasteiger partial charge in [-0.1, -0.05) is 36.4 Å². The van der Waals surface area contributed by atoms with Gasteiger partial charge in [0.2, 0.25) is 23.6 Å². The van der Waals surface area contributed by atoms with Crippen molar-refractivity contribution in [1.29, 1.82) is 0 Å². The maximum Gasteiger partial charge on any atom is 0.326 e. The van der Waals surface area contributed by atoms with E-state index in [1.807, 2.05) is 12.1 Å². The van der Waals surface area contributed by atoms with Gasteiger partial charge in [0.25, 0.3) is 0 Å². The molecule has 0 fully saturated rings. The lowest BCUT2D eigenvalue weighted by Crippen LogP contribution is -2.58. The van der Waals surface area contributed by atoms with E-state index in [9.17, 15) is 44.1 Å². The van der Waals surface area contributed by atoms with Gasteiger partial charge in [0, 0.05) is 47.0 Å². The van der Waals surface area contributed by atoms with Crippen molar-refractivity contribution in [3.05, 3.63) is 72.1 Å². The number of nitrogens with one attached hydrogen (secondary N) is 6. The number of rotatable bonds is 16. The standard InChI is InChI=1S/C32H37N7O9/c1-16(40)28(33)31(46)39-23(10-17-13-34-21-8-4-2-6-19(17)21)30(45)38-24(12-27(42)43)29(44)36-15-26(41)37-25(32(47)48)11-18-14-35-22-9-5-3-7-20(18)22/h2-9,13-14,16,23-25,28,34-35,40H,10-12,15,33H2,1H3,(H,36,44)(H,37,41)(H,38,45)(H,39,46)(H,42,43)(H,47,48)/t16-,23+,24+,25+,28+/m1/s1. The zero-order valence-electron chi connectivity index (χ0n) is 25.9. The number of aromatic amines is 2. The number of aliphatic hydroxyl groups is 1. The number of fused-ring (bicyclic) bond motifs is 2. The first-order valence-corrected chi connectivity index (χ1v) is 15.0. The average molecular weight is 664 g/mol. The normalized spacial score (nSPS) is 14.3. The molecule has 0 unspecified atom stereocenters. The summed E-state index contributed by atoms with van der Waals surface area (Å²) in [5, 5.41) is 39.8. The molecule has 0 aliphatic heterocycles. The van der Waals surface area contributed by atoms with Crippen LogP contribution in [0.25, 0.3) is 21.8 Å². The topological polar surface area (TPSA) is 269 Å². The predicted octanol–water partition coefficient (Wildman–Crippen LogP) is -0.728. The van der Waals surface area contributed by atoms with Crippen LogP contribution in [0.4, 0.5) is 0 Å². The van der Waals surface area contributed by atoms with Crippen LogP contribution in [0.1, 0.15) is 24.5 Å². The van der Waals surface area contributed by atoms with E-state index in [1.165, 1.54) is 6.92 Å². The van der Waals surface area contributed by atoms with Gasteiger partial charge in [0.15, 0.2) is 0 Å². The van der Waals surface area contributed by atoms with Gasteiger partial charge in [0.05, 0.1) is 19.1 Å². The third-order valence-corrected chi connectivity index (χ3v) is 7.72. The van der Waals surface area contributed by atoms with Crippen LogP contribution < -0.4 is 27.0 Å². The minimum absolute atomic E-state index is 0.0566. The molecule has 0 saturated carbocycles. The molecule has 0 saturated heterocycles. The van der Waals surface area contributed by atoms with Gasteiger partial charge in [-0.25, -0.2) is 4.79 Å². The van der Waals surface area contributed by atoms with Crippen LogP contribution in [0.15, 0.2) is 60.9 Å². The second-order valence-corrected chi connectivity index (χ2v) is 11.3. The van der Waals surface area contributed by atoms with Crippen molar-refractivity contribution >= 4 is 57.4 Å². The highest BCUT2D eigenvalue weighted by Gasteiger charge is 2.31. The van der Waals surface area contributed by atoms with Crippen molar-refractivity contribution in [1.82, 2.24) is 31.2 Å². The van der Waals surface area contributed by atoms with E-state index in [-0.39, 0.29) is 12.8 Å². The Hall–Kier alpha value is -5.74.